The Bertz CT molecular complexity index is 4250. The molecule has 6 N–H and O–H groups in total. The van der Waals surface area contributed by atoms with Crippen molar-refractivity contribution in [3.63, 3.8) is 0 Å². The summed E-state index contributed by atoms with van der Waals surface area (Å²) in [6.45, 7) is 16.6. The zero-order chi connectivity index (χ0) is 88.4. The molecule has 0 saturated carbocycles. The summed E-state index contributed by atoms with van der Waals surface area (Å²) >= 11 is 0. The lowest BCUT2D eigenvalue weighted by molar-refractivity contribution is -0.143. The molecule has 16 aliphatic rings. The molecule has 9 fully saturated rings. The number of alkyl halides is 6. The van der Waals surface area contributed by atoms with Crippen LogP contribution in [0.25, 0.3) is 0 Å². The lowest BCUT2D eigenvalue weighted by Gasteiger charge is -2.40. The molecular formula is C91H139F9N8O23. The number of rotatable bonds is 12. The first-order valence-corrected chi connectivity index (χ1v) is 40.1. The lowest BCUT2D eigenvalue weighted by Crippen LogP contribution is -2.51. The predicted molar refractivity (Wildman–Crippen MR) is 473 cm³/mol. The normalized spacial score (nSPS) is 35.0. The van der Waals surface area contributed by atoms with E-state index < -0.39 is 128 Å². The van der Waals surface area contributed by atoms with Crippen LogP contribution in [0.3, 0.4) is 0 Å². The first-order chi connectivity index (χ1) is 58.3. The second kappa shape index (κ2) is 51.5. The molecule has 0 spiro atoms. The van der Waals surface area contributed by atoms with E-state index in [1.807, 2.05) is 41.5 Å². The number of carbonyl (C=O) groups excluding carboxylic acids is 4. The number of benzene rings is 3. The van der Waals surface area contributed by atoms with Gasteiger partial charge in [-0.05, 0) is 93.0 Å². The van der Waals surface area contributed by atoms with E-state index in [0.29, 0.717) is 42.7 Å². The van der Waals surface area contributed by atoms with Crippen LogP contribution in [0, 0.1) is 64.8 Å². The average molecular weight is 1880 g/mol. The number of halogens is 9. The third-order valence-electron chi connectivity index (χ3n) is 23.9. The highest BCUT2D eigenvalue weighted by molar-refractivity contribution is 6.06. The fraction of sp³-hybridized carbons (Fsp3) is 0.670. The summed E-state index contributed by atoms with van der Waals surface area (Å²) < 4.78 is 171. The number of nitrogens with two attached hydrogens (primary N) is 1. The molecular weight excluding hydrogens is 1740 g/mol. The summed E-state index contributed by atoms with van der Waals surface area (Å²) in [4.78, 5) is 78.2. The van der Waals surface area contributed by atoms with E-state index in [9.17, 15) is 68.9 Å². The first kappa shape index (κ1) is 118. The Morgan fingerprint density at radius 1 is 0.481 bits per heavy atom. The largest absolute Gasteiger partial charge is 0.475 e. The molecule has 0 radical (unpaired) electrons. The number of carbonyl (C=O) groups is 4. The highest BCUT2D eigenvalue weighted by Gasteiger charge is 2.60. The zero-order valence-electron chi connectivity index (χ0n) is 68.7. The van der Waals surface area contributed by atoms with Crippen molar-refractivity contribution < 1.29 is 150 Å². The van der Waals surface area contributed by atoms with Gasteiger partial charge in [0, 0.05) is 41.5 Å². The van der Waals surface area contributed by atoms with Gasteiger partial charge in [0.2, 0.25) is 0 Å². The number of hydrogen-bond acceptors (Lipinski definition) is 31. The van der Waals surface area contributed by atoms with E-state index in [1.165, 1.54) is 36.4 Å². The number of nitrogens with zero attached hydrogens (tertiary/aromatic N) is 6. The monoisotopic (exact) mass is 1880 g/mol. The molecule has 19 rings (SSSR count). The van der Waals surface area contributed by atoms with E-state index in [4.69, 9.17) is 82.5 Å². The highest BCUT2D eigenvalue weighted by atomic mass is 19.2. The van der Waals surface area contributed by atoms with Crippen molar-refractivity contribution in [3.8, 4) is 0 Å². The van der Waals surface area contributed by atoms with Gasteiger partial charge in [-0.15, -0.1) is 0 Å². The lowest BCUT2D eigenvalue weighted by atomic mass is 9.75. The van der Waals surface area contributed by atoms with Crippen molar-refractivity contribution in [2.75, 3.05) is 73.1 Å². The molecule has 3 aromatic carbocycles. The van der Waals surface area contributed by atoms with Crippen LogP contribution < -0.4 is 11.2 Å². The standard InChI is InChI=1S/C15H17F2NO2.C13H15F2NO2.C13H17F2NO2.C8H11NO3.C7H10FNO3.C7H8FNO3.C7H10FNO2.C7H9NO4.C5H6O2.9CH4/c1-9-14-12(7-19-9)15(8-16,18-10(2)20-14)11-5-3-4-6-13(11)17;1-8-12-10(6-17-8)13(7-14,16-18-12)9-4-2-3-5-11(9)15;1-8-12(17)10(6-18-8)13(16,7-14)9-4-2-3-5-11(9)15;1-3-5-6-7(12-9-5)4(2)11-8(6)10;2*1-3-6-5(7(10)11-3)4(2-8)9-12-6;1-4-7-5(3-10-4)6(2-8)9-11-7;1-3-6-5(7(10)11-3)4(2-9)8-12-6;1-4-2-3-5(6)7-4;;;;;;;;;/h3-6,9,12,14H,7-8H2,1-2H3;2-5,8,10,12,16H,6-7H2,1H3;2-5,8,10,12,17H,6-7,16H2,1H3;4,6-7H,3H2,1-2H3;3,5-7,10H,2H2,1H3;3,5-6H,2H2,1H3;4-5,7H,2-3H2,1H3;3,5-6,9H,2H2,1H3;2-4H,1H3;9*1H4/t9-,12+,14-,15-;2*8-,10+,12-,13-;4-,6-,7-;3-,5-,6-,7?;3-,5-,6-;4-,5-,7-;3-,5-,6-;;;;;;;;;;/m11111111........../s1. The van der Waals surface area contributed by atoms with Crippen LogP contribution >= 0.6 is 0 Å². The maximum atomic E-state index is 14.2. The average Bonchev–Trinajstić information content (AvgIpc) is 0.874. The van der Waals surface area contributed by atoms with Crippen molar-refractivity contribution >= 4 is 58.3 Å². The van der Waals surface area contributed by atoms with Gasteiger partial charge in [0.05, 0.1) is 104 Å². The number of fused-ring (bicyclic) bond motifs is 7. The minimum Gasteiger partial charge on any atom is -0.475 e. The summed E-state index contributed by atoms with van der Waals surface area (Å²) in [5.41, 5.74) is 7.53. The number of hydroxylamine groups is 1. The highest BCUT2D eigenvalue weighted by Crippen LogP contribution is 2.48. The number of esters is 4. The maximum Gasteiger partial charge on any atom is 0.331 e. The number of nitrogens with one attached hydrogen (secondary N) is 1. The molecule has 31 nitrogen and oxygen atoms in total. The van der Waals surface area contributed by atoms with Crippen LogP contribution in [0.2, 0.25) is 0 Å². The Kier molecular flexibility index (Phi) is 46.4. The fourth-order valence-electron chi connectivity index (χ4n) is 16.9. The topological polar surface area (TPSA) is 389 Å². The smallest absolute Gasteiger partial charge is 0.331 e. The molecule has 9 saturated heterocycles. The van der Waals surface area contributed by atoms with Crippen LogP contribution in [0.4, 0.5) is 39.5 Å². The third-order valence-corrected chi connectivity index (χ3v) is 23.9. The predicted octanol–water partition coefficient (Wildman–Crippen LogP) is 13.4. The molecule has 29 atom stereocenters. The Morgan fingerprint density at radius 2 is 0.931 bits per heavy atom. The van der Waals surface area contributed by atoms with Crippen molar-refractivity contribution in [2.45, 2.75) is 276 Å². The summed E-state index contributed by atoms with van der Waals surface area (Å²) in [5.74, 6) is -5.11. The first-order valence-electron chi connectivity index (χ1n) is 40.1. The van der Waals surface area contributed by atoms with Crippen molar-refractivity contribution in [3.05, 3.63) is 119 Å². The Hall–Kier alpha value is -8.97. The number of aliphatic hydroxyl groups excluding tert-OH is 3. The number of hydrogen-bond donors (Lipinski definition) is 5. The second-order valence-electron chi connectivity index (χ2n) is 31.5. The van der Waals surface area contributed by atoms with Crippen LogP contribution in [0.5, 0.6) is 0 Å². The van der Waals surface area contributed by atoms with Gasteiger partial charge in [0.15, 0.2) is 42.7 Å². The van der Waals surface area contributed by atoms with Gasteiger partial charge in [0.25, 0.3) is 0 Å². The molecule has 16 aliphatic heterocycles. The van der Waals surface area contributed by atoms with Crippen LogP contribution in [-0.4, -0.2) is 257 Å². The zero-order valence-corrected chi connectivity index (χ0v) is 68.7. The molecule has 16 heterocycles. The van der Waals surface area contributed by atoms with Gasteiger partial charge in [-0.1, -0.05) is 154 Å². The molecule has 3 aromatic rings. The molecule has 744 valence electrons. The number of oxime groups is 5. The molecule has 0 amide bonds. The summed E-state index contributed by atoms with van der Waals surface area (Å²) in [6, 6.07) is 18.2. The van der Waals surface area contributed by atoms with Gasteiger partial charge >= 0.3 is 23.9 Å². The SMILES string of the molecule is C.C.C.C.C.C.C.C.C.CC1=N[C@](CF)(c2ccccc2F)[C@H]2CO[C@H](C)[C@H]2O1.CC1C=CC(=O)O1.CCC1=NO[C@H]2[C@@H]1C(=O)O[C@@H]2C.C[C@H]1OC(=O)[C@@H]2C(CF)=NO[C@@H]21.C[C@H]1OC(=O)[C@@H]2C(CO)=NO[C@@H]21.C[C@H]1OC(O)[C@@H]2C(CF)=NO[C@H]12.C[C@H]1OC[C@@H]2C(CF)=NO[C@@H]21.C[C@H]1OC[C@H]([C@@](N)(CF)c2ccccc2F)[C@@H]1O.C[C@H]1OC[C@H]2[C@@H]1ON[C@]2(CF)c1ccccc1F. The molecule has 0 aromatic heterocycles. The Morgan fingerprint density at radius 3 is 1.40 bits per heavy atom. The Labute approximate surface area is 763 Å². The number of aliphatic hydroxyl groups is 3. The van der Waals surface area contributed by atoms with Crippen LogP contribution in [-0.2, 0) is 112 Å². The molecule has 0 aliphatic carbocycles. The number of aliphatic imine (C=N–C) groups is 1. The molecule has 40 heteroatoms. The number of cyclic esters (lactones) is 4. The van der Waals surface area contributed by atoms with E-state index in [0.717, 1.165) is 12.1 Å². The van der Waals surface area contributed by atoms with Crippen molar-refractivity contribution in [1.29, 1.82) is 0 Å². The van der Waals surface area contributed by atoms with Crippen LogP contribution in [0.15, 0.2) is 116 Å². The fourth-order valence-corrected chi connectivity index (χ4v) is 16.9. The van der Waals surface area contributed by atoms with Crippen LogP contribution in [0.1, 0.15) is 166 Å². The van der Waals surface area contributed by atoms with Gasteiger partial charge in [-0.3, -0.25) is 19.2 Å². The van der Waals surface area contributed by atoms with Gasteiger partial charge in [-0.25, -0.2) is 49.3 Å². The quantitative estimate of drug-likeness (QED) is 0.0639. The van der Waals surface area contributed by atoms with E-state index in [2.05, 4.69) is 41.0 Å². The summed E-state index contributed by atoms with van der Waals surface area (Å²) in [5, 5.41) is 46.2. The van der Waals surface area contributed by atoms with Crippen molar-refractivity contribution in [2.24, 2.45) is 83.8 Å². The maximum absolute atomic E-state index is 14.2. The second-order valence-corrected chi connectivity index (χ2v) is 31.5. The minimum absolute atomic E-state index is 0. The molecule has 2 unspecified atom stereocenters. The third kappa shape index (κ3) is 24.6. The summed E-state index contributed by atoms with van der Waals surface area (Å²) in [7, 11) is 0. The molecule has 0 bridgehead atoms. The van der Waals surface area contributed by atoms with E-state index in [1.54, 1.807) is 83.2 Å². The van der Waals surface area contributed by atoms with Crippen molar-refractivity contribution in [1.82, 2.24) is 5.48 Å². The van der Waals surface area contributed by atoms with E-state index >= 15 is 0 Å². The minimum atomic E-state index is -1.56. The number of ether oxygens (including phenoxy) is 10. The Balaban J connectivity index is 0.000000500. The van der Waals surface area contributed by atoms with Gasteiger partial charge in [0.1, 0.15) is 140 Å². The van der Waals surface area contributed by atoms with Gasteiger partial charge in [-0.2, -0.15) is 5.48 Å². The van der Waals surface area contributed by atoms with E-state index in [-0.39, 0.29) is 230 Å². The van der Waals surface area contributed by atoms with Gasteiger partial charge < -0.3 is 92.6 Å². The summed E-state index contributed by atoms with van der Waals surface area (Å²) in [6.07, 6.45) is -1.37. The molecule has 131 heavy (non-hydrogen) atoms.